The fraction of sp³-hybridized carbons (Fsp3) is 0.263. The van der Waals surface area contributed by atoms with E-state index in [9.17, 15) is 14.7 Å². The molecule has 0 spiro atoms. The lowest BCUT2D eigenvalue weighted by atomic mass is 10.0. The van der Waals surface area contributed by atoms with Crippen LogP contribution in [0.1, 0.15) is 22.5 Å². The molecule has 2 amide bonds. The first kappa shape index (κ1) is 18.4. The van der Waals surface area contributed by atoms with Crippen molar-refractivity contribution in [3.8, 4) is 29.1 Å². The monoisotopic (exact) mass is 366 g/mol. The van der Waals surface area contributed by atoms with Crippen molar-refractivity contribution < 1.29 is 19.4 Å². The van der Waals surface area contributed by atoms with Crippen LogP contribution in [0.3, 0.4) is 0 Å². The minimum atomic E-state index is -1.67. The second-order valence-corrected chi connectivity index (χ2v) is 6.15. The predicted octanol–water partition coefficient (Wildman–Crippen LogP) is 0.196. The van der Waals surface area contributed by atoms with Crippen molar-refractivity contribution in [3.63, 3.8) is 0 Å². The van der Waals surface area contributed by atoms with Gasteiger partial charge in [-0.25, -0.2) is 4.98 Å². The molecule has 0 radical (unpaired) electrons. The quantitative estimate of drug-likeness (QED) is 0.749. The molecular weight excluding hydrogens is 348 g/mol. The summed E-state index contributed by atoms with van der Waals surface area (Å²) in [4.78, 5) is 33.3. The second-order valence-electron chi connectivity index (χ2n) is 6.15. The van der Waals surface area contributed by atoms with Crippen molar-refractivity contribution in [1.82, 2.24) is 14.9 Å². The maximum absolute atomic E-state index is 12.0. The lowest BCUT2D eigenvalue weighted by molar-refractivity contribution is -0.137. The number of nitrogens with zero attached hydrogens (tertiary/aromatic N) is 3. The Kier molecular flexibility index (Phi) is 4.79. The Balaban J connectivity index is 1.96. The van der Waals surface area contributed by atoms with E-state index in [-0.39, 0.29) is 23.8 Å². The number of aromatic nitrogens is 2. The summed E-state index contributed by atoms with van der Waals surface area (Å²) in [7, 11) is 3.05. The maximum atomic E-state index is 12.0. The number of hydrogen-bond acceptors (Lipinski definition) is 6. The third-order valence-electron chi connectivity index (χ3n) is 4.21. The molecule has 8 heteroatoms. The molecule has 1 saturated heterocycles. The number of rotatable bonds is 3. The van der Waals surface area contributed by atoms with E-state index in [1.54, 1.807) is 31.3 Å². The zero-order chi connectivity index (χ0) is 19.6. The number of likely N-dealkylation sites (tertiary alicyclic amines) is 1. The lowest BCUT2D eigenvalue weighted by Crippen LogP contribution is -2.37. The molecule has 1 aromatic carbocycles. The Bertz CT molecular complexity index is 979. The molecule has 8 nitrogen and oxygen atoms in total. The van der Waals surface area contributed by atoms with Gasteiger partial charge in [-0.2, -0.15) is 4.98 Å². The van der Waals surface area contributed by atoms with E-state index < -0.39 is 17.4 Å². The van der Waals surface area contributed by atoms with E-state index in [0.29, 0.717) is 17.7 Å². The highest BCUT2D eigenvalue weighted by Crippen LogP contribution is 2.22. The number of primary amides is 1. The second kappa shape index (κ2) is 7.05. The Morgan fingerprint density at radius 2 is 2.15 bits per heavy atom. The van der Waals surface area contributed by atoms with Crippen molar-refractivity contribution in [1.29, 1.82) is 0 Å². The molecule has 0 unspecified atom stereocenters. The van der Waals surface area contributed by atoms with Gasteiger partial charge >= 0.3 is 0 Å². The number of carbonyl (C=O) groups excluding carboxylic acids is 2. The molecule has 2 heterocycles. The van der Waals surface area contributed by atoms with Gasteiger partial charge in [-0.05, 0) is 12.1 Å². The summed E-state index contributed by atoms with van der Waals surface area (Å²) in [5.74, 6) is 4.84. The fourth-order valence-corrected chi connectivity index (χ4v) is 2.67. The van der Waals surface area contributed by atoms with Crippen molar-refractivity contribution in [2.24, 2.45) is 5.73 Å². The third-order valence-corrected chi connectivity index (χ3v) is 4.21. The van der Waals surface area contributed by atoms with Gasteiger partial charge in [0.05, 0.1) is 7.11 Å². The van der Waals surface area contributed by atoms with Crippen LogP contribution in [0.15, 0.2) is 30.3 Å². The predicted molar refractivity (Wildman–Crippen MR) is 96.6 cm³/mol. The minimum absolute atomic E-state index is 0.0298. The Hall–Kier alpha value is -3.44. The van der Waals surface area contributed by atoms with Gasteiger partial charge in [-0.1, -0.05) is 24.0 Å². The number of methoxy groups -OCH3 is 1. The highest BCUT2D eigenvalue weighted by Gasteiger charge is 2.42. The van der Waals surface area contributed by atoms with Crippen LogP contribution >= 0.6 is 0 Å². The molecule has 3 rings (SSSR count). The van der Waals surface area contributed by atoms with Crippen LogP contribution in [-0.4, -0.2) is 58.1 Å². The van der Waals surface area contributed by atoms with Gasteiger partial charge in [0.1, 0.15) is 5.69 Å². The number of hydrogen-bond donors (Lipinski definition) is 2. The maximum Gasteiger partial charge on any atom is 0.267 e. The number of nitrogens with two attached hydrogens (primary N) is 1. The van der Waals surface area contributed by atoms with Crippen molar-refractivity contribution in [3.05, 3.63) is 41.6 Å². The van der Waals surface area contributed by atoms with Crippen LogP contribution in [-0.2, 0) is 4.79 Å². The van der Waals surface area contributed by atoms with E-state index in [1.807, 2.05) is 0 Å². The van der Waals surface area contributed by atoms with Crippen molar-refractivity contribution in [2.45, 2.75) is 12.0 Å². The fourth-order valence-electron chi connectivity index (χ4n) is 2.67. The highest BCUT2D eigenvalue weighted by molar-refractivity contribution is 5.91. The van der Waals surface area contributed by atoms with Crippen molar-refractivity contribution >= 4 is 11.8 Å². The van der Waals surface area contributed by atoms with Crippen LogP contribution in [0.25, 0.3) is 11.4 Å². The van der Waals surface area contributed by atoms with Crippen LogP contribution in [0.4, 0.5) is 0 Å². The van der Waals surface area contributed by atoms with Gasteiger partial charge in [0.15, 0.2) is 5.82 Å². The Morgan fingerprint density at radius 1 is 1.37 bits per heavy atom. The summed E-state index contributed by atoms with van der Waals surface area (Å²) < 4.78 is 5.09. The molecule has 1 aliphatic rings. The minimum Gasteiger partial charge on any atom is -0.481 e. The number of ether oxygens (including phenoxy) is 1. The van der Waals surface area contributed by atoms with Gasteiger partial charge < -0.3 is 20.5 Å². The summed E-state index contributed by atoms with van der Waals surface area (Å²) in [6.45, 7) is 0.456. The molecule has 1 atom stereocenters. The van der Waals surface area contributed by atoms with Crippen LogP contribution in [0.2, 0.25) is 0 Å². The summed E-state index contributed by atoms with van der Waals surface area (Å²) in [6.07, 6.45) is 0.260. The zero-order valence-electron chi connectivity index (χ0n) is 14.9. The molecule has 3 N–H and O–H groups in total. The van der Waals surface area contributed by atoms with Gasteiger partial charge in [-0.3, -0.25) is 9.59 Å². The first-order chi connectivity index (χ1) is 12.8. The summed E-state index contributed by atoms with van der Waals surface area (Å²) >= 11 is 0. The zero-order valence-corrected chi connectivity index (χ0v) is 14.9. The lowest BCUT2D eigenvalue weighted by Gasteiger charge is -2.13. The SMILES string of the molecule is COc1cc(C(N)=O)nc(-c2cccc(C#C[C@]3(O)CCN(C)C3=O)c2)n1. The topological polar surface area (TPSA) is 119 Å². The van der Waals surface area contributed by atoms with E-state index in [4.69, 9.17) is 10.5 Å². The van der Waals surface area contributed by atoms with Crippen LogP contribution in [0.5, 0.6) is 5.88 Å². The number of amides is 2. The normalized spacial score (nSPS) is 18.8. The molecule has 138 valence electrons. The Labute approximate surface area is 156 Å². The molecular formula is C19H18N4O4. The number of benzene rings is 1. The van der Waals surface area contributed by atoms with Crippen LogP contribution in [0, 0.1) is 11.8 Å². The van der Waals surface area contributed by atoms with E-state index in [1.165, 1.54) is 18.1 Å². The first-order valence-corrected chi connectivity index (χ1v) is 8.17. The number of carbonyl (C=O) groups is 2. The number of likely N-dealkylation sites (N-methyl/N-ethyl adjacent to an activating group) is 1. The molecule has 1 aromatic heterocycles. The standard InChI is InChI=1S/C19H18N4O4/c1-23-9-8-19(26,18(23)25)7-6-12-4-3-5-13(10-12)17-21-14(16(20)24)11-15(22-17)27-2/h3-5,10-11,26H,8-9H2,1-2H3,(H2,20,24)/t19-/m0/s1. The molecule has 27 heavy (non-hydrogen) atoms. The van der Waals surface area contributed by atoms with Crippen LogP contribution < -0.4 is 10.5 Å². The van der Waals surface area contributed by atoms with Gasteiger partial charge in [0.2, 0.25) is 11.5 Å². The third kappa shape index (κ3) is 3.73. The molecule has 2 aromatic rings. The van der Waals surface area contributed by atoms with E-state index in [0.717, 1.165) is 0 Å². The van der Waals surface area contributed by atoms with Gasteiger partial charge in [0.25, 0.3) is 11.8 Å². The first-order valence-electron chi connectivity index (χ1n) is 8.17. The molecule has 0 bridgehead atoms. The number of aliphatic hydroxyl groups is 1. The summed E-state index contributed by atoms with van der Waals surface area (Å²) in [5.41, 5.74) is 4.81. The average Bonchev–Trinajstić information content (AvgIpc) is 2.94. The molecule has 0 aliphatic carbocycles. The van der Waals surface area contributed by atoms with E-state index in [2.05, 4.69) is 21.8 Å². The molecule has 1 fully saturated rings. The smallest absolute Gasteiger partial charge is 0.267 e. The largest absolute Gasteiger partial charge is 0.481 e. The van der Waals surface area contributed by atoms with E-state index >= 15 is 0 Å². The summed E-state index contributed by atoms with van der Waals surface area (Å²) in [6, 6.07) is 8.26. The van der Waals surface area contributed by atoms with Gasteiger partial charge in [-0.15, -0.1) is 0 Å². The average molecular weight is 366 g/mol. The molecule has 1 aliphatic heterocycles. The highest BCUT2D eigenvalue weighted by atomic mass is 16.5. The Morgan fingerprint density at radius 3 is 2.78 bits per heavy atom. The van der Waals surface area contributed by atoms with Crippen molar-refractivity contribution in [2.75, 3.05) is 20.7 Å². The summed E-state index contributed by atoms with van der Waals surface area (Å²) in [5, 5.41) is 10.4. The molecule has 0 saturated carbocycles. The van der Waals surface area contributed by atoms with Gasteiger partial charge in [0, 0.05) is 37.2 Å².